The molecule has 100 valence electrons. The van der Waals surface area contributed by atoms with Crippen molar-refractivity contribution in [3.63, 3.8) is 0 Å². The van der Waals surface area contributed by atoms with Crippen molar-refractivity contribution >= 4 is 17.1 Å². The third-order valence-electron chi connectivity index (χ3n) is 3.29. The second kappa shape index (κ2) is 5.65. The van der Waals surface area contributed by atoms with Crippen LogP contribution in [0.2, 0.25) is 0 Å². The molecule has 0 saturated heterocycles. The van der Waals surface area contributed by atoms with Gasteiger partial charge in [-0.1, -0.05) is 30.3 Å². The summed E-state index contributed by atoms with van der Waals surface area (Å²) in [6.45, 7) is 0. The zero-order valence-electron chi connectivity index (χ0n) is 11.1. The Hall–Kier alpha value is -2.49. The molecule has 0 aliphatic carbocycles. The highest BCUT2D eigenvalue weighted by Crippen LogP contribution is 2.11. The van der Waals surface area contributed by atoms with Gasteiger partial charge in [-0.05, 0) is 30.5 Å². The predicted molar refractivity (Wildman–Crippen MR) is 77.5 cm³/mol. The minimum atomic E-state index is 0.0661. The van der Waals surface area contributed by atoms with Gasteiger partial charge in [-0.3, -0.25) is 9.36 Å². The summed E-state index contributed by atoms with van der Waals surface area (Å²) in [5.74, 6) is 0.0661. The van der Waals surface area contributed by atoms with Gasteiger partial charge < -0.3 is 0 Å². The smallest absolute Gasteiger partial charge is 0.232 e. The molecule has 0 amide bonds. The highest BCUT2D eigenvalue weighted by Gasteiger charge is 2.09. The van der Waals surface area contributed by atoms with Gasteiger partial charge in [0.2, 0.25) is 5.91 Å². The van der Waals surface area contributed by atoms with Crippen molar-refractivity contribution in [3.8, 4) is 0 Å². The van der Waals surface area contributed by atoms with Crippen molar-refractivity contribution in [2.24, 2.45) is 0 Å². The summed E-state index contributed by atoms with van der Waals surface area (Å²) in [5.41, 5.74) is 2.65. The summed E-state index contributed by atoms with van der Waals surface area (Å²) in [5, 5.41) is 0. The van der Waals surface area contributed by atoms with Gasteiger partial charge in [-0.15, -0.1) is 0 Å². The first-order valence-electron chi connectivity index (χ1n) is 6.70. The van der Waals surface area contributed by atoms with Crippen molar-refractivity contribution in [1.29, 1.82) is 0 Å². The van der Waals surface area contributed by atoms with Crippen LogP contribution in [-0.4, -0.2) is 20.4 Å². The van der Waals surface area contributed by atoms with Crippen LogP contribution >= 0.6 is 0 Å². The number of aromatic nitrogens is 3. The second-order valence-electron chi connectivity index (χ2n) is 4.69. The van der Waals surface area contributed by atoms with Crippen molar-refractivity contribution in [2.75, 3.05) is 0 Å². The largest absolute Gasteiger partial charge is 0.274 e. The van der Waals surface area contributed by atoms with Gasteiger partial charge in [-0.25, -0.2) is 9.97 Å². The number of rotatable bonds is 4. The molecule has 0 radical (unpaired) electrons. The third-order valence-corrected chi connectivity index (χ3v) is 3.29. The SMILES string of the molecule is O=C(CCCc1ccccc1)n1cnc2ncccc21. The van der Waals surface area contributed by atoms with E-state index in [2.05, 4.69) is 22.1 Å². The molecule has 0 fully saturated rings. The van der Waals surface area contributed by atoms with Crippen LogP contribution in [0.5, 0.6) is 0 Å². The highest BCUT2D eigenvalue weighted by molar-refractivity contribution is 5.88. The quantitative estimate of drug-likeness (QED) is 0.728. The van der Waals surface area contributed by atoms with E-state index in [9.17, 15) is 4.79 Å². The van der Waals surface area contributed by atoms with Gasteiger partial charge in [0.1, 0.15) is 6.33 Å². The van der Waals surface area contributed by atoms with Crippen LogP contribution in [0.3, 0.4) is 0 Å². The summed E-state index contributed by atoms with van der Waals surface area (Å²) < 4.78 is 1.59. The normalized spacial score (nSPS) is 10.8. The van der Waals surface area contributed by atoms with E-state index in [1.807, 2.05) is 30.3 Å². The van der Waals surface area contributed by atoms with Crippen LogP contribution in [0.25, 0.3) is 11.2 Å². The molecule has 0 spiro atoms. The number of benzene rings is 1. The van der Waals surface area contributed by atoms with Crippen molar-refractivity contribution in [3.05, 3.63) is 60.6 Å². The van der Waals surface area contributed by atoms with Crippen LogP contribution in [0.1, 0.15) is 23.2 Å². The number of fused-ring (bicyclic) bond motifs is 1. The van der Waals surface area contributed by atoms with Crippen LogP contribution < -0.4 is 0 Å². The number of pyridine rings is 1. The standard InChI is InChI=1S/C16H15N3O/c20-15(10-4-8-13-6-2-1-3-7-13)19-12-18-16-14(19)9-5-11-17-16/h1-3,5-7,9,11-12H,4,8,10H2. The topological polar surface area (TPSA) is 47.8 Å². The molecule has 0 N–H and O–H groups in total. The maximum atomic E-state index is 12.2. The van der Waals surface area contributed by atoms with Gasteiger partial charge in [0.15, 0.2) is 5.65 Å². The first kappa shape index (κ1) is 12.5. The Morgan fingerprint density at radius 3 is 2.75 bits per heavy atom. The fourth-order valence-electron chi connectivity index (χ4n) is 2.26. The Balaban J connectivity index is 1.65. The zero-order valence-corrected chi connectivity index (χ0v) is 11.1. The van der Waals surface area contributed by atoms with Crippen LogP contribution in [0.4, 0.5) is 0 Å². The number of carbonyl (C=O) groups is 1. The van der Waals surface area contributed by atoms with Gasteiger partial charge in [-0.2, -0.15) is 0 Å². The Kier molecular flexibility index (Phi) is 3.54. The van der Waals surface area contributed by atoms with Crippen LogP contribution in [0.15, 0.2) is 55.0 Å². The number of hydrogen-bond acceptors (Lipinski definition) is 3. The van der Waals surface area contributed by atoms with E-state index in [1.165, 1.54) is 5.56 Å². The fourth-order valence-corrected chi connectivity index (χ4v) is 2.26. The maximum Gasteiger partial charge on any atom is 0.232 e. The minimum Gasteiger partial charge on any atom is -0.274 e. The number of aryl methyl sites for hydroxylation is 1. The fraction of sp³-hybridized carbons (Fsp3) is 0.188. The number of nitrogens with zero attached hydrogens (tertiary/aromatic N) is 3. The van der Waals surface area contributed by atoms with E-state index < -0.39 is 0 Å². The van der Waals surface area contributed by atoms with Crippen molar-refractivity contribution in [2.45, 2.75) is 19.3 Å². The first-order chi connectivity index (χ1) is 9.84. The molecule has 0 atom stereocenters. The Morgan fingerprint density at radius 1 is 1.05 bits per heavy atom. The first-order valence-corrected chi connectivity index (χ1v) is 6.70. The summed E-state index contributed by atoms with van der Waals surface area (Å²) in [4.78, 5) is 20.5. The maximum absolute atomic E-state index is 12.2. The van der Waals surface area contributed by atoms with Gasteiger partial charge >= 0.3 is 0 Å². The van der Waals surface area contributed by atoms with Gasteiger partial charge in [0.05, 0.1) is 5.52 Å². The lowest BCUT2D eigenvalue weighted by molar-refractivity contribution is 0.0905. The lowest BCUT2D eigenvalue weighted by atomic mass is 10.1. The second-order valence-corrected chi connectivity index (χ2v) is 4.69. The van der Waals surface area contributed by atoms with E-state index >= 15 is 0 Å². The molecular formula is C16H15N3O. The molecular weight excluding hydrogens is 250 g/mol. The Morgan fingerprint density at radius 2 is 1.90 bits per heavy atom. The molecule has 0 unspecified atom stereocenters. The summed E-state index contributed by atoms with van der Waals surface area (Å²) in [7, 11) is 0. The Bertz CT molecular complexity index is 719. The third kappa shape index (κ3) is 2.59. The molecule has 2 heterocycles. The van der Waals surface area contributed by atoms with E-state index in [-0.39, 0.29) is 5.91 Å². The van der Waals surface area contributed by atoms with E-state index in [4.69, 9.17) is 0 Å². The molecule has 3 rings (SSSR count). The molecule has 20 heavy (non-hydrogen) atoms. The van der Waals surface area contributed by atoms with Crippen molar-refractivity contribution in [1.82, 2.24) is 14.5 Å². The molecule has 0 bridgehead atoms. The molecule has 4 nitrogen and oxygen atoms in total. The summed E-state index contributed by atoms with van der Waals surface area (Å²) in [6, 6.07) is 13.9. The lowest BCUT2D eigenvalue weighted by Crippen LogP contribution is -2.09. The number of imidazole rings is 1. The number of hydrogen-bond donors (Lipinski definition) is 0. The van der Waals surface area contributed by atoms with E-state index in [0.717, 1.165) is 18.4 Å². The minimum absolute atomic E-state index is 0.0661. The monoisotopic (exact) mass is 265 g/mol. The number of carbonyl (C=O) groups excluding carboxylic acids is 1. The molecule has 0 aliphatic rings. The van der Waals surface area contributed by atoms with E-state index in [0.29, 0.717) is 12.1 Å². The molecule has 2 aromatic heterocycles. The summed E-state index contributed by atoms with van der Waals surface area (Å²) in [6.07, 6.45) is 5.50. The lowest BCUT2D eigenvalue weighted by Gasteiger charge is -2.03. The highest BCUT2D eigenvalue weighted by atomic mass is 16.2. The zero-order chi connectivity index (χ0) is 13.8. The molecule has 1 aromatic carbocycles. The molecule has 0 aliphatic heterocycles. The molecule has 4 heteroatoms. The predicted octanol–water partition coefficient (Wildman–Crippen LogP) is 3.09. The Labute approximate surface area is 117 Å². The van der Waals surface area contributed by atoms with Gasteiger partial charge in [0.25, 0.3) is 0 Å². The summed E-state index contributed by atoms with van der Waals surface area (Å²) >= 11 is 0. The van der Waals surface area contributed by atoms with Gasteiger partial charge in [0, 0.05) is 12.6 Å². The molecule has 0 saturated carbocycles. The van der Waals surface area contributed by atoms with Crippen LogP contribution in [0, 0.1) is 0 Å². The average Bonchev–Trinajstić information content (AvgIpc) is 2.92. The van der Waals surface area contributed by atoms with Crippen LogP contribution in [-0.2, 0) is 6.42 Å². The average molecular weight is 265 g/mol. The molecule has 3 aromatic rings. The van der Waals surface area contributed by atoms with E-state index in [1.54, 1.807) is 17.1 Å². The van der Waals surface area contributed by atoms with Crippen molar-refractivity contribution < 1.29 is 4.79 Å².